The van der Waals surface area contributed by atoms with Crippen molar-refractivity contribution in [3.63, 3.8) is 0 Å². The molecule has 8 nitrogen and oxygen atoms in total. The van der Waals surface area contributed by atoms with Crippen LogP contribution in [-0.4, -0.2) is 24.9 Å². The van der Waals surface area contributed by atoms with Crippen LogP contribution in [-0.2, 0) is 6.54 Å². The van der Waals surface area contributed by atoms with Gasteiger partial charge in [-0.05, 0) is 24.6 Å². The third-order valence-electron chi connectivity index (χ3n) is 4.21. The van der Waals surface area contributed by atoms with Gasteiger partial charge in [0, 0.05) is 24.9 Å². The van der Waals surface area contributed by atoms with Crippen molar-refractivity contribution >= 4 is 16.7 Å². The molecule has 0 unspecified atom stereocenters. The number of pyridine rings is 2. The summed E-state index contributed by atoms with van der Waals surface area (Å²) in [5, 5.41) is 13.7. The molecule has 0 atom stereocenters. The highest BCUT2D eigenvalue weighted by Gasteiger charge is 2.12. The number of nitrogens with zero attached hydrogens (tertiary/aromatic N) is 4. The van der Waals surface area contributed by atoms with E-state index in [9.17, 15) is 10.0 Å². The molecular formula is C20H17N5O3. The Hall–Kier alpha value is -3.94. The lowest BCUT2D eigenvalue weighted by Crippen LogP contribution is -2.20. The van der Waals surface area contributed by atoms with Gasteiger partial charge in [0.2, 0.25) is 5.88 Å². The van der Waals surface area contributed by atoms with Crippen molar-refractivity contribution in [3.05, 3.63) is 82.7 Å². The number of anilines is 1. The normalized spacial score (nSPS) is 10.8. The molecule has 2 N–H and O–H groups in total. The van der Waals surface area contributed by atoms with Crippen LogP contribution < -0.4 is 15.6 Å². The van der Waals surface area contributed by atoms with Crippen LogP contribution in [0.2, 0.25) is 0 Å². The molecule has 4 rings (SSSR count). The van der Waals surface area contributed by atoms with E-state index < -0.39 is 5.56 Å². The molecule has 0 aliphatic heterocycles. The van der Waals surface area contributed by atoms with E-state index in [1.165, 1.54) is 12.4 Å². The fourth-order valence-corrected chi connectivity index (χ4v) is 2.82. The minimum absolute atomic E-state index is 0.159. The number of nitrogens with one attached hydrogen (secondary N) is 1. The third-order valence-corrected chi connectivity index (χ3v) is 4.21. The van der Waals surface area contributed by atoms with Gasteiger partial charge in [-0.3, -0.25) is 4.79 Å². The van der Waals surface area contributed by atoms with E-state index in [2.05, 4.69) is 20.3 Å². The van der Waals surface area contributed by atoms with Crippen molar-refractivity contribution in [2.24, 2.45) is 0 Å². The first-order valence-corrected chi connectivity index (χ1v) is 8.60. The highest BCUT2D eigenvalue weighted by molar-refractivity contribution is 5.90. The van der Waals surface area contributed by atoms with Crippen LogP contribution in [0.1, 0.15) is 11.3 Å². The van der Waals surface area contributed by atoms with Crippen LogP contribution >= 0.6 is 0 Å². The summed E-state index contributed by atoms with van der Waals surface area (Å²) in [6, 6.07) is 14.4. The summed E-state index contributed by atoms with van der Waals surface area (Å²) in [5.41, 5.74) is 1.69. The molecule has 0 amide bonds. The molecule has 0 bridgehead atoms. The number of benzene rings is 1. The Labute approximate surface area is 160 Å². The monoisotopic (exact) mass is 375 g/mol. The van der Waals surface area contributed by atoms with E-state index in [1.54, 1.807) is 19.2 Å². The number of ether oxygens (including phenoxy) is 1. The summed E-state index contributed by atoms with van der Waals surface area (Å²) in [6.07, 6.45) is 3.01. The van der Waals surface area contributed by atoms with Crippen LogP contribution in [0, 0.1) is 6.92 Å². The maximum absolute atomic E-state index is 12.0. The first kappa shape index (κ1) is 17.5. The van der Waals surface area contributed by atoms with Gasteiger partial charge in [0.1, 0.15) is 12.1 Å². The molecule has 0 saturated heterocycles. The molecule has 4 aromatic rings. The maximum atomic E-state index is 12.0. The van der Waals surface area contributed by atoms with Crippen LogP contribution in [0.4, 0.5) is 5.69 Å². The minimum Gasteiger partial charge on any atom is -0.439 e. The van der Waals surface area contributed by atoms with Crippen molar-refractivity contribution in [2.75, 3.05) is 5.32 Å². The Morgan fingerprint density at radius 1 is 1.11 bits per heavy atom. The largest absolute Gasteiger partial charge is 0.439 e. The molecular weight excluding hydrogens is 358 g/mol. The highest BCUT2D eigenvalue weighted by Crippen LogP contribution is 2.23. The van der Waals surface area contributed by atoms with Crippen molar-refractivity contribution in [2.45, 2.75) is 13.5 Å². The van der Waals surface area contributed by atoms with Gasteiger partial charge < -0.3 is 15.3 Å². The van der Waals surface area contributed by atoms with Crippen molar-refractivity contribution in [1.82, 2.24) is 19.7 Å². The van der Waals surface area contributed by atoms with Crippen molar-refractivity contribution in [3.8, 4) is 11.6 Å². The van der Waals surface area contributed by atoms with E-state index in [0.717, 1.165) is 5.56 Å². The van der Waals surface area contributed by atoms with E-state index in [1.807, 2.05) is 36.4 Å². The number of hydrogen-bond donors (Lipinski definition) is 2. The SMILES string of the molecule is Cc1ncnc2c1c(NCc1ccc(Oc3ccccc3)nc1)cc(=O)n2O. The van der Waals surface area contributed by atoms with Gasteiger partial charge in [0.15, 0.2) is 5.65 Å². The van der Waals surface area contributed by atoms with Gasteiger partial charge >= 0.3 is 0 Å². The lowest BCUT2D eigenvalue weighted by molar-refractivity contribution is 0.186. The summed E-state index contributed by atoms with van der Waals surface area (Å²) in [4.78, 5) is 24.4. The van der Waals surface area contributed by atoms with E-state index in [0.29, 0.717) is 39.7 Å². The predicted octanol–water partition coefficient (Wildman–Crippen LogP) is 3.14. The standard InChI is InChI=1S/C20H17N5O3/c1-13-19-16(9-18(26)25(27)20(19)24-12-23-13)21-10-14-7-8-17(22-11-14)28-15-5-3-2-4-6-15/h2-9,11-12,21,27H,10H2,1H3. The smallest absolute Gasteiger partial charge is 0.286 e. The van der Waals surface area contributed by atoms with Gasteiger partial charge in [-0.15, -0.1) is 4.73 Å². The van der Waals surface area contributed by atoms with Crippen LogP contribution in [0.15, 0.2) is 65.8 Å². The van der Waals surface area contributed by atoms with Gasteiger partial charge in [0.05, 0.1) is 16.8 Å². The number of hydrogen-bond acceptors (Lipinski definition) is 7. The Morgan fingerprint density at radius 3 is 2.68 bits per heavy atom. The zero-order valence-electron chi connectivity index (χ0n) is 15.0. The fraction of sp³-hybridized carbons (Fsp3) is 0.100. The summed E-state index contributed by atoms with van der Waals surface area (Å²) in [6.45, 7) is 2.22. The lowest BCUT2D eigenvalue weighted by Gasteiger charge is -2.12. The molecule has 0 saturated carbocycles. The summed E-state index contributed by atoms with van der Waals surface area (Å²) in [5.74, 6) is 1.21. The molecule has 3 aromatic heterocycles. The first-order valence-electron chi connectivity index (χ1n) is 8.60. The second-order valence-electron chi connectivity index (χ2n) is 6.14. The average Bonchev–Trinajstić information content (AvgIpc) is 2.71. The molecule has 0 aliphatic rings. The van der Waals surface area contributed by atoms with Crippen molar-refractivity contribution < 1.29 is 9.94 Å². The quantitative estimate of drug-likeness (QED) is 0.517. The zero-order valence-corrected chi connectivity index (χ0v) is 15.0. The van der Waals surface area contributed by atoms with Gasteiger partial charge in [0.25, 0.3) is 5.56 Å². The molecule has 3 heterocycles. The Balaban J connectivity index is 1.54. The number of para-hydroxylation sites is 1. The topological polar surface area (TPSA) is 102 Å². The number of rotatable bonds is 5. The Kier molecular flexibility index (Phi) is 4.59. The lowest BCUT2D eigenvalue weighted by atomic mass is 10.2. The minimum atomic E-state index is -0.571. The second kappa shape index (κ2) is 7.36. The van der Waals surface area contributed by atoms with E-state index in [-0.39, 0.29) is 5.65 Å². The Morgan fingerprint density at radius 2 is 1.93 bits per heavy atom. The molecule has 0 radical (unpaired) electrons. The van der Waals surface area contributed by atoms with Crippen molar-refractivity contribution in [1.29, 1.82) is 0 Å². The molecule has 8 heteroatoms. The summed E-state index contributed by atoms with van der Waals surface area (Å²) >= 11 is 0. The molecule has 140 valence electrons. The predicted molar refractivity (Wildman–Crippen MR) is 104 cm³/mol. The number of fused-ring (bicyclic) bond motifs is 1. The number of aromatic nitrogens is 4. The molecule has 0 spiro atoms. The maximum Gasteiger partial charge on any atom is 0.286 e. The zero-order chi connectivity index (χ0) is 19.5. The summed E-state index contributed by atoms with van der Waals surface area (Å²) < 4.78 is 6.20. The molecule has 28 heavy (non-hydrogen) atoms. The van der Waals surface area contributed by atoms with Gasteiger partial charge in [-0.1, -0.05) is 24.3 Å². The first-order chi connectivity index (χ1) is 13.6. The van der Waals surface area contributed by atoms with E-state index >= 15 is 0 Å². The molecule has 0 fully saturated rings. The van der Waals surface area contributed by atoms with Crippen LogP contribution in [0.5, 0.6) is 11.6 Å². The molecule has 0 aliphatic carbocycles. The second-order valence-corrected chi connectivity index (χ2v) is 6.14. The average molecular weight is 375 g/mol. The molecule has 1 aromatic carbocycles. The fourth-order valence-electron chi connectivity index (χ4n) is 2.82. The number of aryl methyl sites for hydroxylation is 1. The third kappa shape index (κ3) is 3.48. The summed E-state index contributed by atoms with van der Waals surface area (Å²) in [7, 11) is 0. The highest BCUT2D eigenvalue weighted by atomic mass is 16.5. The van der Waals surface area contributed by atoms with Crippen LogP contribution in [0.3, 0.4) is 0 Å². The van der Waals surface area contributed by atoms with Gasteiger partial charge in [-0.2, -0.15) is 0 Å². The van der Waals surface area contributed by atoms with Crippen LogP contribution in [0.25, 0.3) is 11.0 Å². The van der Waals surface area contributed by atoms with Gasteiger partial charge in [-0.25, -0.2) is 15.0 Å². The Bertz CT molecular complexity index is 1170. The van der Waals surface area contributed by atoms with E-state index in [4.69, 9.17) is 4.74 Å².